The Morgan fingerprint density at radius 1 is 1.00 bits per heavy atom. The summed E-state index contributed by atoms with van der Waals surface area (Å²) in [7, 11) is -2.10. The van der Waals surface area contributed by atoms with Gasteiger partial charge in [-0.1, -0.05) is 71.0 Å². The molecule has 1 aliphatic heterocycles. The molecular weight excluding hydrogens is 292 g/mol. The molecule has 2 atom stereocenters. The highest BCUT2D eigenvalue weighted by Gasteiger charge is 2.50. The van der Waals surface area contributed by atoms with Crippen LogP contribution in [0.2, 0.25) is 12.1 Å². The predicted molar refractivity (Wildman–Crippen MR) is 89.1 cm³/mol. The molecule has 0 saturated carbocycles. The molecule has 2 aromatic rings. The normalized spacial score (nSPS) is 23.2. The Balaban J connectivity index is 2.05. The van der Waals surface area contributed by atoms with Crippen LogP contribution in [-0.4, -0.2) is 31.4 Å². The van der Waals surface area contributed by atoms with E-state index in [4.69, 9.17) is 4.74 Å². The second kappa shape index (κ2) is 6.06. The highest BCUT2D eigenvalue weighted by Crippen LogP contribution is 2.32. The molecule has 1 N–H and O–H groups in total. The second-order valence-corrected chi connectivity index (χ2v) is 10.1. The van der Waals surface area contributed by atoms with E-state index in [1.54, 1.807) is 0 Å². The Kier molecular flexibility index (Phi) is 4.14. The summed E-state index contributed by atoms with van der Waals surface area (Å²) in [4.78, 5) is 11.3. The molecule has 0 amide bonds. The van der Waals surface area contributed by atoms with Crippen LogP contribution >= 0.6 is 0 Å². The minimum atomic E-state index is -2.10. The number of aliphatic hydroxyl groups is 1. The van der Waals surface area contributed by atoms with Gasteiger partial charge in [0, 0.05) is 6.92 Å². The van der Waals surface area contributed by atoms with Crippen LogP contribution in [0.5, 0.6) is 0 Å². The molecule has 1 saturated heterocycles. The van der Waals surface area contributed by atoms with Crippen molar-refractivity contribution < 1.29 is 14.6 Å². The largest absolute Gasteiger partial charge is 0.460 e. The van der Waals surface area contributed by atoms with Crippen LogP contribution in [0.4, 0.5) is 0 Å². The molecule has 1 fully saturated rings. The maximum atomic E-state index is 11.3. The van der Waals surface area contributed by atoms with Gasteiger partial charge in [-0.3, -0.25) is 4.79 Å². The Hall–Kier alpha value is -1.91. The topological polar surface area (TPSA) is 46.5 Å². The zero-order chi connectivity index (χ0) is 15.6. The Morgan fingerprint density at radius 2 is 1.50 bits per heavy atom. The van der Waals surface area contributed by atoms with E-state index in [0.717, 1.165) is 6.04 Å². The molecule has 114 valence electrons. The van der Waals surface area contributed by atoms with Crippen LogP contribution in [0.25, 0.3) is 0 Å². The van der Waals surface area contributed by atoms with Gasteiger partial charge in [-0.2, -0.15) is 0 Å². The van der Waals surface area contributed by atoms with Crippen molar-refractivity contribution in [2.75, 3.05) is 0 Å². The summed E-state index contributed by atoms with van der Waals surface area (Å²) < 4.78 is 5.37. The van der Waals surface area contributed by atoms with Crippen LogP contribution in [0.1, 0.15) is 6.92 Å². The van der Waals surface area contributed by atoms with Crippen LogP contribution < -0.4 is 10.4 Å². The number of benzene rings is 2. The Labute approximate surface area is 131 Å². The average Bonchev–Trinajstić information content (AvgIpc) is 2.86. The summed E-state index contributed by atoms with van der Waals surface area (Å²) in [6.07, 6.45) is -0.986. The summed E-state index contributed by atoms with van der Waals surface area (Å²) in [5.74, 6) is -0.324. The number of rotatable bonds is 3. The quantitative estimate of drug-likeness (QED) is 0.691. The molecule has 0 aliphatic carbocycles. The van der Waals surface area contributed by atoms with Crippen molar-refractivity contribution in [2.24, 2.45) is 0 Å². The third-order valence-corrected chi connectivity index (χ3v) is 9.60. The molecule has 3 rings (SSSR count). The van der Waals surface area contributed by atoms with Crippen molar-refractivity contribution in [2.45, 2.75) is 31.2 Å². The molecule has 4 heteroatoms. The zero-order valence-corrected chi connectivity index (χ0v) is 13.6. The number of ether oxygens (including phenoxy) is 1. The van der Waals surface area contributed by atoms with E-state index in [1.165, 1.54) is 17.3 Å². The first-order valence-corrected chi connectivity index (χ1v) is 9.99. The molecule has 0 bridgehead atoms. The summed E-state index contributed by atoms with van der Waals surface area (Å²) in [5.41, 5.74) is 0. The summed E-state index contributed by atoms with van der Waals surface area (Å²) >= 11 is 0. The van der Waals surface area contributed by atoms with Crippen molar-refractivity contribution in [3.05, 3.63) is 60.7 Å². The van der Waals surface area contributed by atoms with E-state index in [-0.39, 0.29) is 5.97 Å². The van der Waals surface area contributed by atoms with Gasteiger partial charge in [0.05, 0.1) is 6.10 Å². The lowest BCUT2D eigenvalue weighted by Crippen LogP contribution is -2.56. The maximum Gasteiger partial charge on any atom is 0.302 e. The molecule has 3 nitrogen and oxygen atoms in total. The lowest BCUT2D eigenvalue weighted by atomic mass is 10.3. The molecule has 0 radical (unpaired) electrons. The van der Waals surface area contributed by atoms with Gasteiger partial charge < -0.3 is 9.84 Å². The van der Waals surface area contributed by atoms with Gasteiger partial charge in [0.2, 0.25) is 0 Å². The van der Waals surface area contributed by atoms with Crippen LogP contribution in [0.3, 0.4) is 0 Å². The third-order valence-electron chi connectivity index (χ3n) is 4.51. The van der Waals surface area contributed by atoms with E-state index in [0.29, 0.717) is 6.04 Å². The van der Waals surface area contributed by atoms with Gasteiger partial charge in [0.15, 0.2) is 0 Å². The van der Waals surface area contributed by atoms with Gasteiger partial charge in [0.1, 0.15) is 14.2 Å². The average molecular weight is 312 g/mol. The van der Waals surface area contributed by atoms with Gasteiger partial charge in [-0.15, -0.1) is 0 Å². The van der Waals surface area contributed by atoms with E-state index in [2.05, 4.69) is 24.3 Å². The van der Waals surface area contributed by atoms with E-state index in [1.807, 2.05) is 36.4 Å². The van der Waals surface area contributed by atoms with Crippen LogP contribution in [-0.2, 0) is 9.53 Å². The summed E-state index contributed by atoms with van der Waals surface area (Å²) in [5, 5.41) is 13.0. The van der Waals surface area contributed by atoms with Gasteiger partial charge in [-0.25, -0.2) is 0 Å². The molecular formula is C18H20O3Si. The van der Waals surface area contributed by atoms with E-state index < -0.39 is 20.3 Å². The van der Waals surface area contributed by atoms with Crippen LogP contribution in [0.15, 0.2) is 60.7 Å². The fourth-order valence-corrected chi connectivity index (χ4v) is 8.66. The number of esters is 1. The SMILES string of the molecule is CC(=O)O[C@@H]1C[Si](c2ccccc2)(c2ccccc2)C[C@H]1O. The molecule has 0 unspecified atom stereocenters. The number of carbonyl (C=O) groups is 1. The van der Waals surface area contributed by atoms with E-state index in [9.17, 15) is 9.90 Å². The van der Waals surface area contributed by atoms with Crippen molar-refractivity contribution in [1.29, 1.82) is 0 Å². The third kappa shape index (κ3) is 2.72. The monoisotopic (exact) mass is 312 g/mol. The lowest BCUT2D eigenvalue weighted by Gasteiger charge is -2.28. The number of hydrogen-bond acceptors (Lipinski definition) is 3. The Bertz CT molecular complexity index is 602. The lowest BCUT2D eigenvalue weighted by molar-refractivity contribution is -0.149. The van der Waals surface area contributed by atoms with Gasteiger partial charge in [0.25, 0.3) is 0 Å². The van der Waals surface area contributed by atoms with Crippen molar-refractivity contribution in [3.63, 3.8) is 0 Å². The van der Waals surface area contributed by atoms with Crippen molar-refractivity contribution in [3.8, 4) is 0 Å². The fraction of sp³-hybridized carbons (Fsp3) is 0.278. The fourth-order valence-electron chi connectivity index (χ4n) is 3.54. The van der Waals surface area contributed by atoms with Crippen molar-refractivity contribution >= 4 is 24.4 Å². The summed E-state index contributed by atoms with van der Waals surface area (Å²) in [6, 6.07) is 22.2. The molecule has 2 aromatic carbocycles. The predicted octanol–water partition coefficient (Wildman–Crippen LogP) is 1.56. The number of hydrogen-bond donors (Lipinski definition) is 1. The van der Waals surface area contributed by atoms with Gasteiger partial charge in [-0.05, 0) is 12.1 Å². The van der Waals surface area contributed by atoms with Crippen molar-refractivity contribution in [1.82, 2.24) is 0 Å². The number of aliphatic hydroxyl groups excluding tert-OH is 1. The summed E-state index contributed by atoms with van der Waals surface area (Å²) in [6.45, 7) is 1.40. The highest BCUT2D eigenvalue weighted by molar-refractivity contribution is 7.03. The van der Waals surface area contributed by atoms with E-state index >= 15 is 0 Å². The standard InChI is InChI=1S/C18H20O3Si/c1-14(19)21-18-13-22(12-17(18)20,15-8-4-2-5-9-15)16-10-6-3-7-11-16/h2-11,17-18,20H,12-13H2,1H3/t17-,18-/m1/s1. The second-order valence-electron chi connectivity index (χ2n) is 5.94. The first-order valence-electron chi connectivity index (χ1n) is 7.58. The molecule has 0 aromatic heterocycles. The first-order chi connectivity index (χ1) is 10.6. The molecule has 1 aliphatic rings. The molecule has 0 spiro atoms. The Morgan fingerprint density at radius 3 is 1.95 bits per heavy atom. The minimum Gasteiger partial charge on any atom is -0.460 e. The first kappa shape index (κ1) is 15.0. The highest BCUT2D eigenvalue weighted by atomic mass is 28.3. The smallest absolute Gasteiger partial charge is 0.302 e. The number of carbonyl (C=O) groups excluding carboxylic acids is 1. The molecule has 1 heterocycles. The molecule has 22 heavy (non-hydrogen) atoms. The van der Waals surface area contributed by atoms with Crippen LogP contribution in [0, 0.1) is 0 Å². The van der Waals surface area contributed by atoms with Gasteiger partial charge >= 0.3 is 5.97 Å². The zero-order valence-electron chi connectivity index (χ0n) is 12.6. The maximum absolute atomic E-state index is 11.3. The minimum absolute atomic E-state index is 0.324.